The molecule has 2 unspecified atom stereocenters. The molecule has 1 aromatic rings. The van der Waals surface area contributed by atoms with Crippen LogP contribution in [0.4, 0.5) is 0 Å². The minimum atomic E-state index is -3.03. The predicted molar refractivity (Wildman–Crippen MR) is 78.2 cm³/mol. The first-order chi connectivity index (χ1) is 10.0. The number of carbonyl (C=O) groups excluding carboxylic acids is 1. The third kappa shape index (κ3) is 2.46. The summed E-state index contributed by atoms with van der Waals surface area (Å²) in [5.41, 5.74) is 0.461. The number of ether oxygens (including phenoxy) is 1. The smallest absolute Gasteiger partial charge is 0.171 e. The zero-order chi connectivity index (χ0) is 15.0. The number of rotatable bonds is 3. The van der Waals surface area contributed by atoms with E-state index >= 15 is 0 Å². The number of ketones is 1. The maximum absolute atomic E-state index is 12.7. The molecule has 3 heterocycles. The lowest BCUT2D eigenvalue weighted by atomic mass is 9.84. The number of hydrogen-bond acceptors (Lipinski definition) is 5. The number of carbonyl (C=O) groups is 1. The maximum Gasteiger partial charge on any atom is 0.171 e. The van der Waals surface area contributed by atoms with Gasteiger partial charge in [0.2, 0.25) is 0 Å². The van der Waals surface area contributed by atoms with Gasteiger partial charge in [0, 0.05) is 18.3 Å². The van der Waals surface area contributed by atoms with Crippen LogP contribution in [0.25, 0.3) is 0 Å². The lowest BCUT2D eigenvalue weighted by Gasteiger charge is -2.38. The molecular weight excluding hydrogens is 290 g/mol. The van der Waals surface area contributed by atoms with Crippen molar-refractivity contribution in [2.75, 3.05) is 7.11 Å². The average molecular weight is 309 g/mol. The van der Waals surface area contributed by atoms with Crippen molar-refractivity contribution in [1.29, 1.82) is 0 Å². The lowest BCUT2D eigenvalue weighted by Crippen LogP contribution is -2.45. The number of sulfone groups is 1. The fourth-order valence-corrected chi connectivity index (χ4v) is 6.12. The number of pyridine rings is 1. The highest BCUT2D eigenvalue weighted by Gasteiger charge is 2.46. The van der Waals surface area contributed by atoms with E-state index in [9.17, 15) is 13.2 Å². The van der Waals surface area contributed by atoms with Crippen LogP contribution in [0.3, 0.4) is 0 Å². The minimum Gasteiger partial charge on any atom is -0.496 e. The van der Waals surface area contributed by atoms with E-state index in [2.05, 4.69) is 4.98 Å². The number of nitrogens with zero attached hydrogens (tertiary/aromatic N) is 1. The summed E-state index contributed by atoms with van der Waals surface area (Å²) in [6.45, 7) is 0. The van der Waals surface area contributed by atoms with Gasteiger partial charge in [0.25, 0.3) is 0 Å². The van der Waals surface area contributed by atoms with Crippen molar-refractivity contribution in [2.24, 2.45) is 5.92 Å². The third-order valence-corrected chi connectivity index (χ3v) is 7.43. The Balaban J connectivity index is 1.87. The van der Waals surface area contributed by atoms with Gasteiger partial charge in [-0.15, -0.1) is 0 Å². The largest absolute Gasteiger partial charge is 0.496 e. The van der Waals surface area contributed by atoms with Crippen LogP contribution in [0.2, 0.25) is 0 Å². The quantitative estimate of drug-likeness (QED) is 0.799. The fraction of sp³-hybridized carbons (Fsp3) is 0.600. The van der Waals surface area contributed by atoms with Gasteiger partial charge in [-0.25, -0.2) is 8.42 Å². The Bertz CT molecular complexity index is 635. The first-order valence-electron chi connectivity index (χ1n) is 7.29. The topological polar surface area (TPSA) is 73.3 Å². The van der Waals surface area contributed by atoms with Gasteiger partial charge in [-0.2, -0.15) is 0 Å². The zero-order valence-electron chi connectivity index (χ0n) is 12.0. The van der Waals surface area contributed by atoms with Crippen molar-refractivity contribution in [1.82, 2.24) is 4.98 Å². The molecule has 0 N–H and O–H groups in total. The van der Waals surface area contributed by atoms with Crippen molar-refractivity contribution in [2.45, 2.75) is 42.6 Å². The van der Waals surface area contributed by atoms with Crippen LogP contribution in [0.5, 0.6) is 5.75 Å². The standard InChI is InChI=1S/C15H19NO4S/c1-20-14-5-6-16-9-13(14)15(17)10-7-11-3-2-4-12(8-10)21(11,18)19/h5-6,9-12H,2-4,7-8H2,1H3. The number of aromatic nitrogens is 1. The molecule has 0 spiro atoms. The summed E-state index contributed by atoms with van der Waals surface area (Å²) in [5.74, 6) is 0.238. The van der Waals surface area contributed by atoms with Gasteiger partial charge in [-0.05, 0) is 31.7 Å². The molecule has 2 bridgehead atoms. The van der Waals surface area contributed by atoms with E-state index in [0.717, 1.165) is 6.42 Å². The Kier molecular flexibility index (Phi) is 3.73. The van der Waals surface area contributed by atoms with Crippen LogP contribution < -0.4 is 4.74 Å². The van der Waals surface area contributed by atoms with Crippen molar-refractivity contribution in [3.8, 4) is 5.75 Å². The molecule has 2 aliphatic rings. The molecule has 5 nitrogen and oxygen atoms in total. The second-order valence-electron chi connectivity index (χ2n) is 5.87. The van der Waals surface area contributed by atoms with Crippen molar-refractivity contribution in [3.05, 3.63) is 24.0 Å². The Hall–Kier alpha value is -1.43. The molecule has 0 saturated carbocycles. The van der Waals surface area contributed by atoms with Crippen molar-refractivity contribution >= 4 is 15.6 Å². The van der Waals surface area contributed by atoms with Gasteiger partial charge in [0.05, 0.1) is 23.2 Å². The Morgan fingerprint density at radius 2 is 1.95 bits per heavy atom. The number of methoxy groups -OCH3 is 1. The Morgan fingerprint density at radius 3 is 2.57 bits per heavy atom. The van der Waals surface area contributed by atoms with Crippen molar-refractivity contribution < 1.29 is 17.9 Å². The van der Waals surface area contributed by atoms with Gasteiger partial charge in [0.15, 0.2) is 15.6 Å². The summed E-state index contributed by atoms with van der Waals surface area (Å²) in [7, 11) is -1.51. The fourth-order valence-electron chi connectivity index (χ4n) is 3.59. The minimum absolute atomic E-state index is 0.0354. The molecule has 2 saturated heterocycles. The first-order valence-corrected chi connectivity index (χ1v) is 8.90. The van der Waals surface area contributed by atoms with E-state index in [0.29, 0.717) is 37.0 Å². The number of hydrogen-bond donors (Lipinski definition) is 0. The Morgan fingerprint density at radius 1 is 1.29 bits per heavy atom. The first kappa shape index (κ1) is 14.5. The van der Waals surface area contributed by atoms with Crippen LogP contribution >= 0.6 is 0 Å². The van der Waals surface area contributed by atoms with Crippen LogP contribution in [0, 0.1) is 5.92 Å². The normalized spacial score (nSPS) is 30.6. The van der Waals surface area contributed by atoms with Crippen LogP contribution in [-0.4, -0.2) is 36.8 Å². The molecule has 21 heavy (non-hydrogen) atoms. The number of Topliss-reactive ketones (excluding diaryl/α,β-unsaturated/α-hetero) is 1. The molecule has 6 heteroatoms. The average Bonchev–Trinajstić information content (AvgIpc) is 2.45. The second-order valence-corrected chi connectivity index (χ2v) is 8.38. The highest BCUT2D eigenvalue weighted by molar-refractivity contribution is 7.92. The van der Waals surface area contributed by atoms with E-state index in [1.807, 2.05) is 0 Å². The van der Waals surface area contributed by atoms with E-state index in [1.165, 1.54) is 13.3 Å². The molecule has 3 rings (SSSR count). The van der Waals surface area contributed by atoms with E-state index < -0.39 is 9.84 Å². The SMILES string of the molecule is COc1ccncc1C(=O)C1CC2CCCC(C1)S2(=O)=O. The lowest BCUT2D eigenvalue weighted by molar-refractivity contribution is 0.0890. The Labute approximate surface area is 124 Å². The predicted octanol–water partition coefficient (Wildman–Crippen LogP) is 2.02. The summed E-state index contributed by atoms with van der Waals surface area (Å²) < 4.78 is 29.8. The van der Waals surface area contributed by atoms with E-state index in [1.54, 1.807) is 12.3 Å². The zero-order valence-corrected chi connectivity index (χ0v) is 12.8. The van der Waals surface area contributed by atoms with Gasteiger partial charge >= 0.3 is 0 Å². The van der Waals surface area contributed by atoms with Crippen LogP contribution in [-0.2, 0) is 9.84 Å². The molecule has 2 fully saturated rings. The summed E-state index contributed by atoms with van der Waals surface area (Å²) in [6.07, 6.45) is 6.30. The summed E-state index contributed by atoms with van der Waals surface area (Å²) in [5, 5.41) is -0.691. The monoisotopic (exact) mass is 309 g/mol. The van der Waals surface area contributed by atoms with Gasteiger partial charge in [-0.1, -0.05) is 6.42 Å². The van der Waals surface area contributed by atoms with Gasteiger partial charge in [0.1, 0.15) is 5.75 Å². The molecule has 114 valence electrons. The molecule has 2 aliphatic heterocycles. The summed E-state index contributed by atoms with van der Waals surface area (Å²) in [6, 6.07) is 1.66. The molecule has 2 atom stereocenters. The molecule has 0 aromatic carbocycles. The summed E-state index contributed by atoms with van der Waals surface area (Å²) >= 11 is 0. The second kappa shape index (κ2) is 5.40. The molecule has 0 radical (unpaired) electrons. The highest BCUT2D eigenvalue weighted by atomic mass is 32.2. The van der Waals surface area contributed by atoms with E-state index in [4.69, 9.17) is 4.74 Å². The van der Waals surface area contributed by atoms with Gasteiger partial charge < -0.3 is 4.74 Å². The molecule has 0 aliphatic carbocycles. The highest BCUT2D eigenvalue weighted by Crippen LogP contribution is 2.41. The van der Waals surface area contributed by atoms with Crippen LogP contribution in [0.1, 0.15) is 42.5 Å². The van der Waals surface area contributed by atoms with Crippen LogP contribution in [0.15, 0.2) is 18.5 Å². The number of fused-ring (bicyclic) bond motifs is 2. The molecule has 0 amide bonds. The van der Waals surface area contributed by atoms with Gasteiger partial charge in [-0.3, -0.25) is 9.78 Å². The summed E-state index contributed by atoms with van der Waals surface area (Å²) in [4.78, 5) is 16.7. The van der Waals surface area contributed by atoms with Crippen molar-refractivity contribution in [3.63, 3.8) is 0 Å². The van der Waals surface area contributed by atoms with E-state index in [-0.39, 0.29) is 22.2 Å². The third-order valence-electron chi connectivity index (χ3n) is 4.71. The molecular formula is C15H19NO4S. The molecule has 1 aromatic heterocycles. The maximum atomic E-state index is 12.7.